The van der Waals surface area contributed by atoms with Gasteiger partial charge in [-0.3, -0.25) is 0 Å². The van der Waals surface area contributed by atoms with Gasteiger partial charge in [-0.1, -0.05) is 26.0 Å². The van der Waals surface area contributed by atoms with Crippen molar-refractivity contribution in [2.45, 2.75) is 33.1 Å². The first-order chi connectivity index (χ1) is 9.66. The van der Waals surface area contributed by atoms with Gasteiger partial charge in [0.15, 0.2) is 0 Å². The molecule has 2 rings (SSSR count). The summed E-state index contributed by atoms with van der Waals surface area (Å²) in [6, 6.07) is 8.34. The van der Waals surface area contributed by atoms with Crippen LogP contribution in [0, 0.1) is 11.8 Å². The van der Waals surface area contributed by atoms with E-state index in [0.717, 1.165) is 29.4 Å². The van der Waals surface area contributed by atoms with E-state index >= 15 is 0 Å². The summed E-state index contributed by atoms with van der Waals surface area (Å²) >= 11 is 3.58. The van der Waals surface area contributed by atoms with Gasteiger partial charge in [-0.25, -0.2) is 0 Å². The first-order valence-electron chi connectivity index (χ1n) is 7.87. The molecule has 1 aromatic carbocycles. The van der Waals surface area contributed by atoms with Crippen LogP contribution in [0.1, 0.15) is 33.1 Å². The molecule has 2 nitrogen and oxygen atoms in total. The van der Waals surface area contributed by atoms with Crippen LogP contribution in [0.3, 0.4) is 0 Å². The van der Waals surface area contributed by atoms with Crippen LogP contribution >= 0.6 is 15.9 Å². The largest absolute Gasteiger partial charge is 0.383 e. The van der Waals surface area contributed by atoms with Gasteiger partial charge in [0.25, 0.3) is 0 Å². The monoisotopic (exact) mass is 338 g/mol. The average molecular weight is 339 g/mol. The lowest BCUT2D eigenvalue weighted by atomic mass is 9.89. The Morgan fingerprint density at radius 1 is 1.25 bits per heavy atom. The summed E-state index contributed by atoms with van der Waals surface area (Å²) in [7, 11) is 0. The van der Waals surface area contributed by atoms with E-state index in [4.69, 9.17) is 0 Å². The first-order valence-corrected chi connectivity index (χ1v) is 8.67. The van der Waals surface area contributed by atoms with Crippen LogP contribution < -0.4 is 5.32 Å². The summed E-state index contributed by atoms with van der Waals surface area (Å²) in [5.41, 5.74) is 1.20. The van der Waals surface area contributed by atoms with E-state index < -0.39 is 0 Å². The van der Waals surface area contributed by atoms with Crippen molar-refractivity contribution in [3.8, 4) is 0 Å². The smallest absolute Gasteiger partial charge is 0.0485 e. The molecular weight excluding hydrogens is 312 g/mol. The summed E-state index contributed by atoms with van der Waals surface area (Å²) < 4.78 is 1.15. The number of likely N-dealkylation sites (tertiary alicyclic amines) is 1. The van der Waals surface area contributed by atoms with Crippen molar-refractivity contribution >= 4 is 21.6 Å². The highest BCUT2D eigenvalue weighted by Crippen LogP contribution is 2.24. The Morgan fingerprint density at radius 3 is 2.80 bits per heavy atom. The van der Waals surface area contributed by atoms with Gasteiger partial charge in [-0.15, -0.1) is 0 Å². The third kappa shape index (κ3) is 4.78. The average Bonchev–Trinajstić information content (AvgIpc) is 2.67. The van der Waals surface area contributed by atoms with Gasteiger partial charge in [0.1, 0.15) is 0 Å². The molecule has 1 aliphatic rings. The lowest BCUT2D eigenvalue weighted by Crippen LogP contribution is -2.30. The van der Waals surface area contributed by atoms with Crippen molar-refractivity contribution in [3.63, 3.8) is 0 Å². The second kappa shape index (κ2) is 8.04. The molecule has 1 heterocycles. The van der Waals surface area contributed by atoms with Crippen molar-refractivity contribution in [2.75, 3.05) is 31.5 Å². The molecule has 1 saturated heterocycles. The van der Waals surface area contributed by atoms with Crippen LogP contribution in [-0.2, 0) is 0 Å². The lowest BCUT2D eigenvalue weighted by molar-refractivity contribution is 0.281. The first kappa shape index (κ1) is 15.8. The molecule has 0 bridgehead atoms. The standard InChI is InChI=1S/C17H27BrN2/c1-14(2)15-6-5-11-20(12-9-15)13-10-19-17-8-4-3-7-16(17)18/h3-4,7-8,14-15,19H,5-6,9-13H2,1-2H3. The predicted molar refractivity (Wildman–Crippen MR) is 91.3 cm³/mol. The van der Waals surface area contributed by atoms with E-state index in [1.165, 1.54) is 38.0 Å². The van der Waals surface area contributed by atoms with Crippen molar-refractivity contribution in [1.82, 2.24) is 4.90 Å². The van der Waals surface area contributed by atoms with Gasteiger partial charge in [0.05, 0.1) is 0 Å². The summed E-state index contributed by atoms with van der Waals surface area (Å²) in [6.07, 6.45) is 4.14. The molecule has 3 heteroatoms. The SMILES string of the molecule is CC(C)C1CCCN(CCNc2ccccc2Br)CC1. The van der Waals surface area contributed by atoms with E-state index in [2.05, 4.69) is 64.3 Å². The molecule has 20 heavy (non-hydrogen) atoms. The number of anilines is 1. The quantitative estimate of drug-likeness (QED) is 0.842. The number of halogens is 1. The topological polar surface area (TPSA) is 15.3 Å². The Balaban J connectivity index is 1.73. The van der Waals surface area contributed by atoms with Crippen molar-refractivity contribution in [3.05, 3.63) is 28.7 Å². The summed E-state index contributed by atoms with van der Waals surface area (Å²) in [5, 5.41) is 3.53. The van der Waals surface area contributed by atoms with E-state index in [1.807, 2.05) is 0 Å². The van der Waals surface area contributed by atoms with Gasteiger partial charge in [-0.2, -0.15) is 0 Å². The highest BCUT2D eigenvalue weighted by molar-refractivity contribution is 9.10. The number of para-hydroxylation sites is 1. The van der Waals surface area contributed by atoms with E-state index in [9.17, 15) is 0 Å². The van der Waals surface area contributed by atoms with Crippen molar-refractivity contribution < 1.29 is 0 Å². The molecule has 0 saturated carbocycles. The molecule has 1 fully saturated rings. The Kier molecular flexibility index (Phi) is 6.37. The Bertz CT molecular complexity index is 406. The molecule has 0 spiro atoms. The zero-order chi connectivity index (χ0) is 14.4. The maximum atomic E-state index is 3.58. The molecule has 0 aromatic heterocycles. The van der Waals surface area contributed by atoms with E-state index in [-0.39, 0.29) is 0 Å². The molecule has 1 unspecified atom stereocenters. The highest BCUT2D eigenvalue weighted by Gasteiger charge is 2.18. The second-order valence-electron chi connectivity index (χ2n) is 6.18. The lowest BCUT2D eigenvalue weighted by Gasteiger charge is -2.21. The Labute approximate surface area is 132 Å². The number of rotatable bonds is 5. The number of hydrogen-bond donors (Lipinski definition) is 1. The number of nitrogens with zero attached hydrogens (tertiary/aromatic N) is 1. The van der Waals surface area contributed by atoms with Crippen molar-refractivity contribution in [2.24, 2.45) is 11.8 Å². The molecule has 1 N–H and O–H groups in total. The Morgan fingerprint density at radius 2 is 2.05 bits per heavy atom. The predicted octanol–water partition coefficient (Wildman–Crippen LogP) is 4.62. The zero-order valence-electron chi connectivity index (χ0n) is 12.7. The normalized spacial score (nSPS) is 20.9. The van der Waals surface area contributed by atoms with Gasteiger partial charge < -0.3 is 10.2 Å². The summed E-state index contributed by atoms with van der Waals surface area (Å²) in [5.74, 6) is 1.77. The molecule has 0 aliphatic carbocycles. The van der Waals surface area contributed by atoms with Crippen LogP contribution in [0.5, 0.6) is 0 Å². The van der Waals surface area contributed by atoms with Gasteiger partial charge in [0, 0.05) is 23.2 Å². The van der Waals surface area contributed by atoms with Crippen LogP contribution in [0.2, 0.25) is 0 Å². The maximum absolute atomic E-state index is 3.58. The molecule has 1 aliphatic heterocycles. The maximum Gasteiger partial charge on any atom is 0.0485 e. The van der Waals surface area contributed by atoms with E-state index in [1.54, 1.807) is 0 Å². The third-order valence-corrected chi connectivity index (χ3v) is 5.12. The fourth-order valence-corrected chi connectivity index (χ4v) is 3.45. The van der Waals surface area contributed by atoms with Crippen LogP contribution in [0.15, 0.2) is 28.7 Å². The zero-order valence-corrected chi connectivity index (χ0v) is 14.3. The van der Waals surface area contributed by atoms with Gasteiger partial charge in [-0.05, 0) is 72.3 Å². The molecular formula is C17H27BrN2. The summed E-state index contributed by atoms with van der Waals surface area (Å²) in [4.78, 5) is 2.62. The van der Waals surface area contributed by atoms with Crippen molar-refractivity contribution in [1.29, 1.82) is 0 Å². The number of benzene rings is 1. The minimum Gasteiger partial charge on any atom is -0.383 e. The van der Waals surface area contributed by atoms with Crippen LogP contribution in [-0.4, -0.2) is 31.1 Å². The number of hydrogen-bond acceptors (Lipinski definition) is 2. The number of nitrogens with one attached hydrogen (secondary N) is 1. The molecule has 1 aromatic rings. The molecule has 112 valence electrons. The third-order valence-electron chi connectivity index (χ3n) is 4.43. The molecule has 1 atom stereocenters. The van der Waals surface area contributed by atoms with Crippen LogP contribution in [0.25, 0.3) is 0 Å². The molecule has 0 radical (unpaired) electrons. The fourth-order valence-electron chi connectivity index (χ4n) is 3.03. The minimum atomic E-state index is 0.841. The van der Waals surface area contributed by atoms with E-state index in [0.29, 0.717) is 0 Å². The fraction of sp³-hybridized carbons (Fsp3) is 0.647. The minimum absolute atomic E-state index is 0.841. The van der Waals surface area contributed by atoms with Crippen LogP contribution in [0.4, 0.5) is 5.69 Å². The highest BCUT2D eigenvalue weighted by atomic mass is 79.9. The van der Waals surface area contributed by atoms with Gasteiger partial charge in [0.2, 0.25) is 0 Å². The second-order valence-corrected chi connectivity index (χ2v) is 7.04. The summed E-state index contributed by atoms with van der Waals surface area (Å²) in [6.45, 7) is 9.44. The Hall–Kier alpha value is -0.540. The van der Waals surface area contributed by atoms with Gasteiger partial charge >= 0.3 is 0 Å². The molecule has 0 amide bonds.